The number of ether oxygens (including phenoxy) is 1. The minimum Gasteiger partial charge on any atom is -0.456 e. The van der Waals surface area contributed by atoms with E-state index in [-0.39, 0.29) is 5.75 Å². The van der Waals surface area contributed by atoms with Crippen LogP contribution in [0.5, 0.6) is 11.5 Å². The third kappa shape index (κ3) is 3.68. The molecule has 0 aliphatic rings. The molecular formula is C13H10BrF2NOS. The van der Waals surface area contributed by atoms with Crippen LogP contribution in [0.1, 0.15) is 0 Å². The Hall–Kier alpha value is -1.11. The summed E-state index contributed by atoms with van der Waals surface area (Å²) in [5, 5.41) is 0. The molecule has 0 atom stereocenters. The highest BCUT2D eigenvalue weighted by atomic mass is 79.9. The zero-order chi connectivity index (χ0) is 13.8. The molecule has 0 amide bonds. The molecule has 6 heteroatoms. The van der Waals surface area contributed by atoms with E-state index in [1.54, 1.807) is 6.07 Å². The molecular weight excluding hydrogens is 336 g/mol. The summed E-state index contributed by atoms with van der Waals surface area (Å²) < 4.78 is 35.1. The molecule has 0 saturated carbocycles. The molecule has 0 heterocycles. The van der Waals surface area contributed by atoms with Crippen LogP contribution in [-0.4, -0.2) is 7.05 Å². The maximum Gasteiger partial charge on any atom is 0.162 e. The molecule has 0 aromatic heterocycles. The summed E-state index contributed by atoms with van der Waals surface area (Å²) in [4.78, 5) is 1.01. The predicted octanol–water partition coefficient (Wildman–Crippen LogP) is 4.75. The zero-order valence-corrected chi connectivity index (χ0v) is 12.3. The van der Waals surface area contributed by atoms with Crippen molar-refractivity contribution in [1.82, 2.24) is 4.72 Å². The van der Waals surface area contributed by atoms with Crippen LogP contribution in [0.3, 0.4) is 0 Å². The van der Waals surface area contributed by atoms with Gasteiger partial charge in [-0.25, -0.2) is 8.78 Å². The Morgan fingerprint density at radius 1 is 1.11 bits per heavy atom. The van der Waals surface area contributed by atoms with E-state index in [0.717, 1.165) is 21.5 Å². The van der Waals surface area contributed by atoms with Crippen molar-refractivity contribution in [2.45, 2.75) is 4.90 Å². The van der Waals surface area contributed by atoms with Gasteiger partial charge in [0.05, 0.1) is 4.47 Å². The van der Waals surface area contributed by atoms with E-state index in [1.807, 2.05) is 19.2 Å². The highest BCUT2D eigenvalue weighted by Crippen LogP contribution is 2.33. The van der Waals surface area contributed by atoms with Crippen molar-refractivity contribution in [1.29, 1.82) is 0 Å². The van der Waals surface area contributed by atoms with E-state index in [2.05, 4.69) is 20.7 Å². The molecule has 0 aliphatic heterocycles. The molecule has 0 radical (unpaired) electrons. The predicted molar refractivity (Wildman–Crippen MR) is 75.5 cm³/mol. The minimum absolute atomic E-state index is 0.244. The molecule has 0 aliphatic carbocycles. The van der Waals surface area contributed by atoms with E-state index >= 15 is 0 Å². The Morgan fingerprint density at radius 3 is 2.53 bits per heavy atom. The summed E-state index contributed by atoms with van der Waals surface area (Å²) in [5.74, 6) is -1.05. The SMILES string of the molecule is CNSc1ccc(Oc2ccc(F)c(F)c2)c(Br)c1. The lowest BCUT2D eigenvalue weighted by atomic mass is 10.3. The zero-order valence-electron chi connectivity index (χ0n) is 9.91. The summed E-state index contributed by atoms with van der Waals surface area (Å²) in [6.45, 7) is 0. The van der Waals surface area contributed by atoms with Crippen molar-refractivity contribution in [3.63, 3.8) is 0 Å². The number of rotatable bonds is 4. The summed E-state index contributed by atoms with van der Waals surface area (Å²) in [5.41, 5.74) is 0. The number of hydrogen-bond acceptors (Lipinski definition) is 3. The summed E-state index contributed by atoms with van der Waals surface area (Å²) in [7, 11) is 1.82. The molecule has 0 spiro atoms. The quantitative estimate of drug-likeness (QED) is 0.808. The number of halogens is 3. The van der Waals surface area contributed by atoms with E-state index < -0.39 is 11.6 Å². The monoisotopic (exact) mass is 345 g/mol. The fraction of sp³-hybridized carbons (Fsp3) is 0.0769. The van der Waals surface area contributed by atoms with Crippen LogP contribution in [0.15, 0.2) is 45.8 Å². The Labute approximate surface area is 122 Å². The van der Waals surface area contributed by atoms with Gasteiger partial charge < -0.3 is 4.74 Å². The highest BCUT2D eigenvalue weighted by molar-refractivity contribution is 9.10. The first kappa shape index (κ1) is 14.3. The molecule has 1 N–H and O–H groups in total. The highest BCUT2D eigenvalue weighted by Gasteiger charge is 2.07. The summed E-state index contributed by atoms with van der Waals surface area (Å²) >= 11 is 4.84. The van der Waals surface area contributed by atoms with Gasteiger partial charge in [0.2, 0.25) is 0 Å². The lowest BCUT2D eigenvalue weighted by Gasteiger charge is -2.09. The van der Waals surface area contributed by atoms with E-state index in [0.29, 0.717) is 5.75 Å². The van der Waals surface area contributed by atoms with Crippen LogP contribution < -0.4 is 9.46 Å². The van der Waals surface area contributed by atoms with Crippen molar-refractivity contribution in [2.75, 3.05) is 7.05 Å². The lowest BCUT2D eigenvalue weighted by Crippen LogP contribution is -1.92. The van der Waals surface area contributed by atoms with Crippen LogP contribution in [0.2, 0.25) is 0 Å². The van der Waals surface area contributed by atoms with Crippen LogP contribution in [0, 0.1) is 11.6 Å². The topological polar surface area (TPSA) is 21.3 Å². The molecule has 2 rings (SSSR count). The van der Waals surface area contributed by atoms with E-state index in [1.165, 1.54) is 18.0 Å². The van der Waals surface area contributed by atoms with Gasteiger partial charge in [0.15, 0.2) is 11.6 Å². The first-order valence-corrected chi connectivity index (χ1v) is 6.97. The van der Waals surface area contributed by atoms with Gasteiger partial charge in [-0.15, -0.1) is 0 Å². The Balaban J connectivity index is 2.20. The summed E-state index contributed by atoms with van der Waals surface area (Å²) in [6, 6.07) is 8.91. The van der Waals surface area contributed by atoms with Crippen molar-refractivity contribution in [3.8, 4) is 11.5 Å². The second-order valence-electron chi connectivity index (χ2n) is 3.58. The molecule has 2 aromatic carbocycles. The third-order valence-corrected chi connectivity index (χ3v) is 3.56. The van der Waals surface area contributed by atoms with Gasteiger partial charge >= 0.3 is 0 Å². The van der Waals surface area contributed by atoms with E-state index in [9.17, 15) is 8.78 Å². The second kappa shape index (κ2) is 6.36. The first-order chi connectivity index (χ1) is 9.10. The normalized spacial score (nSPS) is 10.5. The van der Waals surface area contributed by atoms with Crippen LogP contribution in [0.25, 0.3) is 0 Å². The molecule has 0 bridgehead atoms. The lowest BCUT2D eigenvalue weighted by molar-refractivity contribution is 0.459. The summed E-state index contributed by atoms with van der Waals surface area (Å²) in [6.07, 6.45) is 0. The number of nitrogens with one attached hydrogen (secondary N) is 1. The number of hydrogen-bond donors (Lipinski definition) is 1. The van der Waals surface area contributed by atoms with Gasteiger partial charge in [-0.1, -0.05) is 0 Å². The van der Waals surface area contributed by atoms with Gasteiger partial charge in [-0.2, -0.15) is 0 Å². The van der Waals surface area contributed by atoms with Gasteiger partial charge in [-0.05, 0) is 65.3 Å². The average Bonchev–Trinajstić information content (AvgIpc) is 2.37. The van der Waals surface area contributed by atoms with Crippen molar-refractivity contribution < 1.29 is 13.5 Å². The third-order valence-electron chi connectivity index (χ3n) is 2.24. The minimum atomic E-state index is -0.934. The van der Waals surface area contributed by atoms with Crippen LogP contribution in [-0.2, 0) is 0 Å². The van der Waals surface area contributed by atoms with Gasteiger partial charge in [0.25, 0.3) is 0 Å². The van der Waals surface area contributed by atoms with Crippen molar-refractivity contribution in [2.24, 2.45) is 0 Å². The molecule has 19 heavy (non-hydrogen) atoms. The average molecular weight is 346 g/mol. The Morgan fingerprint density at radius 2 is 1.89 bits per heavy atom. The molecule has 2 aromatic rings. The van der Waals surface area contributed by atoms with Crippen LogP contribution >= 0.6 is 27.9 Å². The van der Waals surface area contributed by atoms with Crippen LogP contribution in [0.4, 0.5) is 8.78 Å². The fourth-order valence-corrected chi connectivity index (χ4v) is 2.57. The largest absolute Gasteiger partial charge is 0.456 e. The standard InChI is InChI=1S/C13H10BrF2NOS/c1-17-19-9-3-5-13(10(14)7-9)18-8-2-4-11(15)12(16)6-8/h2-7,17H,1H3. The van der Waals surface area contributed by atoms with Crippen molar-refractivity contribution >= 4 is 27.9 Å². The molecule has 0 fully saturated rings. The van der Waals surface area contributed by atoms with Gasteiger partial charge in [-0.3, -0.25) is 4.72 Å². The maximum atomic E-state index is 13.1. The van der Waals surface area contributed by atoms with Gasteiger partial charge in [0, 0.05) is 11.0 Å². The number of benzene rings is 2. The maximum absolute atomic E-state index is 13.1. The fourth-order valence-electron chi connectivity index (χ4n) is 1.41. The molecule has 0 unspecified atom stereocenters. The molecule has 2 nitrogen and oxygen atoms in total. The Kier molecular flexibility index (Phi) is 4.79. The second-order valence-corrected chi connectivity index (χ2v) is 5.51. The smallest absolute Gasteiger partial charge is 0.162 e. The molecule has 100 valence electrons. The van der Waals surface area contributed by atoms with Gasteiger partial charge in [0.1, 0.15) is 11.5 Å². The van der Waals surface area contributed by atoms with E-state index in [4.69, 9.17) is 4.74 Å². The first-order valence-electron chi connectivity index (χ1n) is 5.36. The molecule has 0 saturated heterocycles. The van der Waals surface area contributed by atoms with Crippen molar-refractivity contribution in [3.05, 3.63) is 52.5 Å². The Bertz CT molecular complexity index is 595.